The second kappa shape index (κ2) is 6.72. The molecule has 0 bridgehead atoms. The number of hydrogen-bond acceptors (Lipinski definition) is 2. The van der Waals surface area contributed by atoms with E-state index in [1.54, 1.807) is 0 Å². The number of anilines is 2. The van der Waals surface area contributed by atoms with Crippen molar-refractivity contribution in [3.8, 4) is 17.2 Å². The highest BCUT2D eigenvalue weighted by Gasteiger charge is 2.37. The molecule has 0 saturated carbocycles. The summed E-state index contributed by atoms with van der Waals surface area (Å²) in [6.07, 6.45) is 0.975. The highest BCUT2D eigenvalue weighted by atomic mass is 15.2. The summed E-state index contributed by atoms with van der Waals surface area (Å²) in [6.45, 7) is 5.65. The minimum Gasteiger partial charge on any atom is -0.341 e. The molecule has 2 heteroatoms. The summed E-state index contributed by atoms with van der Waals surface area (Å²) >= 11 is 0. The molecule has 2 aliphatic rings. The Bertz CT molecular complexity index is 1700. The van der Waals surface area contributed by atoms with Gasteiger partial charge in [0.15, 0.2) is 0 Å². The van der Waals surface area contributed by atoms with Gasteiger partial charge in [-0.1, -0.05) is 68.4 Å². The van der Waals surface area contributed by atoms with Crippen LogP contribution < -0.4 is 4.90 Å². The lowest BCUT2D eigenvalue weighted by molar-refractivity contribution is 0.660. The maximum atomic E-state index is 9.27. The summed E-state index contributed by atoms with van der Waals surface area (Å²) in [5.74, 6) is 0. The average molecular weight is 437 g/mol. The Morgan fingerprint density at radius 1 is 0.794 bits per heavy atom. The van der Waals surface area contributed by atoms with Gasteiger partial charge in [0.25, 0.3) is 0 Å². The third-order valence-corrected chi connectivity index (χ3v) is 7.96. The molecule has 2 nitrogen and oxygen atoms in total. The average Bonchev–Trinajstić information content (AvgIpc) is 3.39. The molecule has 5 aromatic rings. The Labute approximate surface area is 199 Å². The predicted octanol–water partition coefficient (Wildman–Crippen LogP) is 7.87. The van der Waals surface area contributed by atoms with Crippen molar-refractivity contribution in [1.82, 2.24) is 0 Å². The van der Waals surface area contributed by atoms with E-state index in [4.69, 9.17) is 0 Å². The van der Waals surface area contributed by atoms with Crippen molar-refractivity contribution < 1.29 is 0 Å². The van der Waals surface area contributed by atoms with Crippen LogP contribution in [0.4, 0.5) is 11.4 Å². The lowest BCUT2D eigenvalue weighted by Crippen LogP contribution is -2.17. The summed E-state index contributed by atoms with van der Waals surface area (Å²) in [7, 11) is 0. The van der Waals surface area contributed by atoms with E-state index in [0.29, 0.717) is 0 Å². The highest BCUT2D eigenvalue weighted by Crippen LogP contribution is 2.53. The lowest BCUT2D eigenvalue weighted by Gasteiger charge is -2.25. The number of fused-ring (bicyclic) bond motifs is 8. The van der Waals surface area contributed by atoms with Crippen molar-refractivity contribution in [3.05, 3.63) is 107 Å². The maximum absolute atomic E-state index is 9.27. The van der Waals surface area contributed by atoms with Gasteiger partial charge in [-0.05, 0) is 86.1 Å². The summed E-state index contributed by atoms with van der Waals surface area (Å²) in [5, 5.41) is 14.5. The minimum atomic E-state index is -0.0618. The molecule has 5 aromatic carbocycles. The van der Waals surface area contributed by atoms with Crippen LogP contribution in [0.15, 0.2) is 84.9 Å². The first-order chi connectivity index (χ1) is 16.6. The summed E-state index contributed by atoms with van der Waals surface area (Å²) < 4.78 is 0. The summed E-state index contributed by atoms with van der Waals surface area (Å²) in [5.41, 5.74) is 9.94. The van der Waals surface area contributed by atoms with Gasteiger partial charge >= 0.3 is 0 Å². The molecule has 0 amide bonds. The molecule has 0 saturated heterocycles. The molecular weight excluding hydrogens is 412 g/mol. The third-order valence-electron chi connectivity index (χ3n) is 7.96. The Kier molecular flexibility index (Phi) is 3.83. The molecule has 34 heavy (non-hydrogen) atoms. The molecule has 1 heterocycles. The number of rotatable bonds is 1. The Balaban J connectivity index is 1.41. The van der Waals surface area contributed by atoms with Crippen LogP contribution in [0, 0.1) is 11.3 Å². The number of nitrogens with zero attached hydrogens (tertiary/aromatic N) is 2. The second-order valence-electron chi connectivity index (χ2n) is 10.1. The van der Waals surface area contributed by atoms with Gasteiger partial charge < -0.3 is 4.90 Å². The quantitative estimate of drug-likeness (QED) is 0.250. The molecule has 7 rings (SSSR count). The van der Waals surface area contributed by atoms with Crippen molar-refractivity contribution in [3.63, 3.8) is 0 Å². The molecule has 0 radical (unpaired) electrons. The van der Waals surface area contributed by atoms with Crippen molar-refractivity contribution in [2.75, 3.05) is 11.4 Å². The number of benzene rings is 5. The molecule has 0 N–H and O–H groups in total. The molecule has 0 spiro atoms. The molecular formula is C32H24N2. The Morgan fingerprint density at radius 2 is 1.65 bits per heavy atom. The van der Waals surface area contributed by atoms with E-state index in [2.05, 4.69) is 97.6 Å². The monoisotopic (exact) mass is 436 g/mol. The van der Waals surface area contributed by atoms with Crippen molar-refractivity contribution in [2.24, 2.45) is 0 Å². The van der Waals surface area contributed by atoms with Gasteiger partial charge in [0, 0.05) is 23.3 Å². The molecule has 1 aliphatic carbocycles. The summed E-state index contributed by atoms with van der Waals surface area (Å²) in [4.78, 5) is 2.40. The maximum Gasteiger partial charge on any atom is 0.0991 e. The zero-order valence-electron chi connectivity index (χ0n) is 19.4. The lowest BCUT2D eigenvalue weighted by atomic mass is 9.81. The van der Waals surface area contributed by atoms with E-state index in [1.165, 1.54) is 60.7 Å². The van der Waals surface area contributed by atoms with Gasteiger partial charge in [-0.15, -0.1) is 0 Å². The van der Waals surface area contributed by atoms with Crippen LogP contribution in [-0.2, 0) is 11.8 Å². The minimum absolute atomic E-state index is 0.0618. The second-order valence-corrected chi connectivity index (χ2v) is 10.1. The van der Waals surface area contributed by atoms with Crippen LogP contribution in [0.25, 0.3) is 32.7 Å². The molecule has 0 atom stereocenters. The number of hydrogen-bond donors (Lipinski definition) is 0. The van der Waals surface area contributed by atoms with Gasteiger partial charge in [-0.3, -0.25) is 0 Å². The molecule has 0 fully saturated rings. The van der Waals surface area contributed by atoms with E-state index < -0.39 is 0 Å². The molecule has 0 aromatic heterocycles. The standard InChI is InChI=1S/C32H24N2/c1-32(2)28-13-12-25-24-6-4-3-5-21(24)8-10-26(25)31(28)27-11-9-23(18-29(27)32)34-16-15-22-17-20(19-33)7-14-30(22)34/h3-14,17-18H,15-16H2,1-2H3. The third kappa shape index (κ3) is 2.50. The van der Waals surface area contributed by atoms with Crippen LogP contribution in [-0.4, -0.2) is 6.54 Å². The van der Waals surface area contributed by atoms with E-state index >= 15 is 0 Å². The first kappa shape index (κ1) is 19.4. The zero-order chi connectivity index (χ0) is 23.0. The van der Waals surface area contributed by atoms with Crippen LogP contribution >= 0.6 is 0 Å². The first-order valence-corrected chi connectivity index (χ1v) is 12.0. The predicted molar refractivity (Wildman–Crippen MR) is 141 cm³/mol. The molecule has 0 unspecified atom stereocenters. The van der Waals surface area contributed by atoms with Crippen molar-refractivity contribution in [1.29, 1.82) is 5.26 Å². The Hall–Kier alpha value is -4.09. The largest absolute Gasteiger partial charge is 0.341 e. The van der Waals surface area contributed by atoms with Gasteiger partial charge in [0.2, 0.25) is 0 Å². The molecule has 1 aliphatic heterocycles. The van der Waals surface area contributed by atoms with Gasteiger partial charge in [-0.25, -0.2) is 0 Å². The fourth-order valence-electron chi connectivity index (χ4n) is 6.22. The Morgan fingerprint density at radius 3 is 2.53 bits per heavy atom. The van der Waals surface area contributed by atoms with Gasteiger partial charge in [-0.2, -0.15) is 5.26 Å². The molecule has 162 valence electrons. The van der Waals surface area contributed by atoms with E-state index in [-0.39, 0.29) is 5.41 Å². The van der Waals surface area contributed by atoms with Gasteiger partial charge in [0.05, 0.1) is 11.6 Å². The van der Waals surface area contributed by atoms with Gasteiger partial charge in [0.1, 0.15) is 0 Å². The zero-order valence-corrected chi connectivity index (χ0v) is 19.4. The van der Waals surface area contributed by atoms with Crippen molar-refractivity contribution >= 4 is 32.9 Å². The number of nitriles is 1. The van der Waals surface area contributed by atoms with E-state index in [1.807, 2.05) is 12.1 Å². The van der Waals surface area contributed by atoms with Crippen LogP contribution in [0.5, 0.6) is 0 Å². The SMILES string of the molecule is CC1(C)c2cc(N3CCc4cc(C#N)ccc43)ccc2-c2c1ccc1c2ccc2ccccc21. The fraction of sp³-hybridized carbons (Fsp3) is 0.156. The van der Waals surface area contributed by atoms with Crippen LogP contribution in [0.3, 0.4) is 0 Å². The van der Waals surface area contributed by atoms with Crippen LogP contribution in [0.1, 0.15) is 36.1 Å². The normalized spacial score (nSPS) is 15.3. The van der Waals surface area contributed by atoms with E-state index in [9.17, 15) is 5.26 Å². The smallest absolute Gasteiger partial charge is 0.0991 e. The highest BCUT2D eigenvalue weighted by molar-refractivity contribution is 6.14. The fourth-order valence-corrected chi connectivity index (χ4v) is 6.22. The topological polar surface area (TPSA) is 27.0 Å². The summed E-state index contributed by atoms with van der Waals surface area (Å²) in [6, 6.07) is 33.2. The van der Waals surface area contributed by atoms with Crippen LogP contribution in [0.2, 0.25) is 0 Å². The van der Waals surface area contributed by atoms with Crippen molar-refractivity contribution in [2.45, 2.75) is 25.7 Å². The van der Waals surface area contributed by atoms with E-state index in [0.717, 1.165) is 18.5 Å². The first-order valence-electron chi connectivity index (χ1n) is 12.0.